The number of aromatic nitrogens is 1. The van der Waals surface area contributed by atoms with Gasteiger partial charge >= 0.3 is 0 Å². The molecule has 0 aliphatic carbocycles. The first kappa shape index (κ1) is 16.8. The van der Waals surface area contributed by atoms with Crippen LogP contribution in [-0.4, -0.2) is 11.6 Å². The molecule has 0 bridgehead atoms. The number of thiazole rings is 1. The van der Waals surface area contributed by atoms with Crippen LogP contribution in [0, 0.1) is 0 Å². The highest BCUT2D eigenvalue weighted by atomic mass is 32.1. The van der Waals surface area contributed by atoms with Crippen molar-refractivity contribution in [2.24, 2.45) is 0 Å². The van der Waals surface area contributed by atoms with Gasteiger partial charge in [0.05, 0.1) is 12.3 Å². The first-order chi connectivity index (χ1) is 10.8. The third-order valence-corrected chi connectivity index (χ3v) is 4.36. The molecule has 2 rings (SSSR count). The molecule has 22 heavy (non-hydrogen) atoms. The van der Waals surface area contributed by atoms with Crippen LogP contribution in [0.15, 0.2) is 29.6 Å². The third kappa shape index (κ3) is 5.68. The molecule has 0 saturated carbocycles. The summed E-state index contributed by atoms with van der Waals surface area (Å²) in [4.78, 5) is 4.28. The van der Waals surface area contributed by atoms with Crippen LogP contribution in [0.3, 0.4) is 0 Å². The summed E-state index contributed by atoms with van der Waals surface area (Å²) < 4.78 is 5.79. The zero-order valence-electron chi connectivity index (χ0n) is 13.4. The van der Waals surface area contributed by atoms with Gasteiger partial charge in [-0.3, -0.25) is 0 Å². The van der Waals surface area contributed by atoms with Crippen molar-refractivity contribution in [2.75, 3.05) is 12.3 Å². The Morgan fingerprint density at radius 1 is 1.00 bits per heavy atom. The second kappa shape index (κ2) is 9.46. The maximum absolute atomic E-state index is 5.79. The summed E-state index contributed by atoms with van der Waals surface area (Å²) in [6, 6.07) is 8.08. The molecular weight excluding hydrogens is 292 g/mol. The van der Waals surface area contributed by atoms with E-state index in [9.17, 15) is 0 Å². The van der Waals surface area contributed by atoms with Gasteiger partial charge in [0.15, 0.2) is 5.13 Å². The molecule has 2 N–H and O–H groups in total. The Bertz CT molecular complexity index is 536. The van der Waals surface area contributed by atoms with E-state index in [0.717, 1.165) is 30.0 Å². The lowest BCUT2D eigenvalue weighted by molar-refractivity contribution is 0.304. The number of nitrogens with two attached hydrogens (primary N) is 1. The monoisotopic (exact) mass is 318 g/mol. The first-order valence-electron chi connectivity index (χ1n) is 8.24. The lowest BCUT2D eigenvalue weighted by Crippen LogP contribution is -1.97. The van der Waals surface area contributed by atoms with Crippen LogP contribution in [0.5, 0.6) is 5.75 Å². The fourth-order valence-electron chi connectivity index (χ4n) is 2.39. The average molecular weight is 318 g/mol. The molecule has 0 aliphatic rings. The Balaban J connectivity index is 1.64. The van der Waals surface area contributed by atoms with E-state index in [0.29, 0.717) is 5.13 Å². The van der Waals surface area contributed by atoms with Crippen molar-refractivity contribution in [3.05, 3.63) is 29.6 Å². The van der Waals surface area contributed by atoms with Gasteiger partial charge < -0.3 is 10.5 Å². The Kier molecular flexibility index (Phi) is 7.23. The van der Waals surface area contributed by atoms with Gasteiger partial charge in [-0.2, -0.15) is 0 Å². The summed E-state index contributed by atoms with van der Waals surface area (Å²) in [5.41, 5.74) is 7.67. The van der Waals surface area contributed by atoms with Crippen LogP contribution in [0.4, 0.5) is 5.13 Å². The normalized spacial score (nSPS) is 10.8. The van der Waals surface area contributed by atoms with Crippen molar-refractivity contribution >= 4 is 16.5 Å². The highest BCUT2D eigenvalue weighted by Crippen LogP contribution is 2.25. The number of hydrogen-bond donors (Lipinski definition) is 1. The van der Waals surface area contributed by atoms with Gasteiger partial charge in [0.25, 0.3) is 0 Å². The molecule has 0 fully saturated rings. The van der Waals surface area contributed by atoms with E-state index >= 15 is 0 Å². The fourth-order valence-corrected chi connectivity index (χ4v) is 2.96. The highest BCUT2D eigenvalue weighted by Gasteiger charge is 2.02. The molecule has 3 nitrogen and oxygen atoms in total. The van der Waals surface area contributed by atoms with Gasteiger partial charge in [-0.25, -0.2) is 4.98 Å². The van der Waals surface area contributed by atoms with Crippen molar-refractivity contribution in [1.29, 1.82) is 0 Å². The Labute approximate surface area is 137 Å². The minimum absolute atomic E-state index is 0.606. The highest BCUT2D eigenvalue weighted by molar-refractivity contribution is 7.13. The summed E-state index contributed by atoms with van der Waals surface area (Å²) in [6.07, 6.45) is 9.14. The SMILES string of the molecule is CCCCCCCCCOc1ccc(-c2csc(N)n2)cc1. The maximum atomic E-state index is 5.79. The zero-order chi connectivity index (χ0) is 15.6. The van der Waals surface area contributed by atoms with Crippen molar-refractivity contribution in [1.82, 2.24) is 4.98 Å². The molecule has 1 aromatic carbocycles. The van der Waals surface area contributed by atoms with Crippen molar-refractivity contribution < 1.29 is 4.74 Å². The molecule has 120 valence electrons. The molecule has 0 unspecified atom stereocenters. The fraction of sp³-hybridized carbons (Fsp3) is 0.500. The number of nitrogens with zero attached hydrogens (tertiary/aromatic N) is 1. The summed E-state index contributed by atoms with van der Waals surface area (Å²) in [7, 11) is 0. The van der Waals surface area contributed by atoms with Crippen LogP contribution in [0.2, 0.25) is 0 Å². The van der Waals surface area contributed by atoms with Gasteiger partial charge in [-0.15, -0.1) is 11.3 Å². The quantitative estimate of drug-likeness (QED) is 0.587. The molecule has 0 radical (unpaired) electrons. The molecule has 0 saturated heterocycles. The summed E-state index contributed by atoms with van der Waals surface area (Å²) in [5, 5.41) is 2.58. The number of benzene rings is 1. The van der Waals surface area contributed by atoms with Crippen LogP contribution >= 0.6 is 11.3 Å². The third-order valence-electron chi connectivity index (χ3n) is 3.69. The van der Waals surface area contributed by atoms with E-state index in [-0.39, 0.29) is 0 Å². The van der Waals surface area contributed by atoms with Crippen molar-refractivity contribution in [3.8, 4) is 17.0 Å². The molecule has 1 heterocycles. The zero-order valence-corrected chi connectivity index (χ0v) is 14.2. The molecule has 1 aromatic heterocycles. The minimum Gasteiger partial charge on any atom is -0.494 e. The lowest BCUT2D eigenvalue weighted by atomic mass is 10.1. The predicted octanol–water partition coefficient (Wildman–Crippen LogP) is 5.52. The number of ether oxygens (including phenoxy) is 1. The first-order valence-corrected chi connectivity index (χ1v) is 9.12. The Hall–Kier alpha value is -1.55. The van der Waals surface area contributed by atoms with Gasteiger partial charge in [0, 0.05) is 10.9 Å². The van der Waals surface area contributed by atoms with Crippen LogP contribution in [-0.2, 0) is 0 Å². The van der Waals surface area contributed by atoms with Gasteiger partial charge in [-0.1, -0.05) is 45.4 Å². The maximum Gasteiger partial charge on any atom is 0.180 e. The van der Waals surface area contributed by atoms with E-state index in [1.165, 1.54) is 49.9 Å². The van der Waals surface area contributed by atoms with E-state index in [4.69, 9.17) is 10.5 Å². The van der Waals surface area contributed by atoms with Gasteiger partial charge in [0.2, 0.25) is 0 Å². The van der Waals surface area contributed by atoms with E-state index in [1.807, 2.05) is 29.6 Å². The van der Waals surface area contributed by atoms with E-state index in [1.54, 1.807) is 0 Å². The Morgan fingerprint density at radius 2 is 1.68 bits per heavy atom. The summed E-state index contributed by atoms with van der Waals surface area (Å²) in [5.74, 6) is 0.929. The molecule has 0 atom stereocenters. The molecule has 0 aliphatic heterocycles. The second-order valence-electron chi connectivity index (χ2n) is 5.57. The van der Waals surface area contributed by atoms with Crippen LogP contribution in [0.1, 0.15) is 51.9 Å². The number of unbranched alkanes of at least 4 members (excludes halogenated alkanes) is 6. The standard InChI is InChI=1S/C18H26N2OS/c1-2-3-4-5-6-7-8-13-21-16-11-9-15(10-12-16)17-14-22-18(19)20-17/h9-12,14H,2-8,13H2,1H3,(H2,19,20). The number of rotatable bonds is 10. The van der Waals surface area contributed by atoms with Crippen LogP contribution in [0.25, 0.3) is 11.3 Å². The van der Waals surface area contributed by atoms with E-state index < -0.39 is 0 Å². The predicted molar refractivity (Wildman–Crippen MR) is 95.5 cm³/mol. The lowest BCUT2D eigenvalue weighted by Gasteiger charge is -2.06. The Morgan fingerprint density at radius 3 is 2.32 bits per heavy atom. The summed E-state index contributed by atoms with van der Waals surface area (Å²) >= 11 is 1.47. The van der Waals surface area contributed by atoms with Crippen molar-refractivity contribution in [2.45, 2.75) is 51.9 Å². The van der Waals surface area contributed by atoms with E-state index in [2.05, 4.69) is 11.9 Å². The second-order valence-corrected chi connectivity index (χ2v) is 6.45. The largest absolute Gasteiger partial charge is 0.494 e. The average Bonchev–Trinajstić information content (AvgIpc) is 2.97. The molecule has 4 heteroatoms. The molecule has 0 spiro atoms. The van der Waals surface area contributed by atoms with Gasteiger partial charge in [0.1, 0.15) is 5.75 Å². The molecule has 0 amide bonds. The van der Waals surface area contributed by atoms with Crippen LogP contribution < -0.4 is 10.5 Å². The smallest absolute Gasteiger partial charge is 0.180 e. The number of nitrogen functional groups attached to an aromatic ring is 1. The summed E-state index contributed by atoms with van der Waals surface area (Å²) in [6.45, 7) is 3.05. The molecular formula is C18H26N2OS. The minimum atomic E-state index is 0.606. The number of anilines is 1. The molecule has 2 aromatic rings. The van der Waals surface area contributed by atoms with Crippen molar-refractivity contribution in [3.63, 3.8) is 0 Å². The number of hydrogen-bond acceptors (Lipinski definition) is 4. The topological polar surface area (TPSA) is 48.1 Å². The van der Waals surface area contributed by atoms with Gasteiger partial charge in [-0.05, 0) is 30.7 Å².